The van der Waals surface area contributed by atoms with Crippen molar-refractivity contribution >= 4 is 17.8 Å². The molecule has 0 heterocycles. The highest BCUT2D eigenvalue weighted by Gasteiger charge is 2.35. The van der Waals surface area contributed by atoms with Crippen LogP contribution in [0.25, 0.3) is 0 Å². The zero-order valence-corrected chi connectivity index (χ0v) is 24.4. The van der Waals surface area contributed by atoms with E-state index in [0.29, 0.717) is 0 Å². The van der Waals surface area contributed by atoms with E-state index in [4.69, 9.17) is 0 Å². The Bertz CT molecular complexity index is 1100. The van der Waals surface area contributed by atoms with Gasteiger partial charge in [0.15, 0.2) is 0 Å². The maximum Gasteiger partial charge on any atom is 0.288 e. The molecule has 2 amide bonds. The van der Waals surface area contributed by atoms with Gasteiger partial charge in [-0.15, -0.1) is 0 Å². The first-order valence-electron chi connectivity index (χ1n) is 13.6. The third kappa shape index (κ3) is 10.0. The number of benzene rings is 2. The van der Waals surface area contributed by atoms with E-state index in [1.165, 1.54) is 0 Å². The van der Waals surface area contributed by atoms with Gasteiger partial charge >= 0.3 is 0 Å². The van der Waals surface area contributed by atoms with Crippen LogP contribution in [0.15, 0.2) is 60.7 Å². The molecule has 4 N–H and O–H groups in total. The lowest BCUT2D eigenvalue weighted by Gasteiger charge is -2.45. The Morgan fingerprint density at radius 3 is 1.73 bits per heavy atom. The molecule has 2 rings (SSSR count). The number of carbonyl (C=O) groups excluding carboxylic acids is 3. The number of nitrogens with zero attached hydrogens (tertiary/aromatic N) is 1. The van der Waals surface area contributed by atoms with Gasteiger partial charge in [0.2, 0.25) is 5.78 Å². The van der Waals surface area contributed by atoms with Gasteiger partial charge in [-0.1, -0.05) is 81.4 Å². The number of hydrogen-bond donors (Lipinski definition) is 4. The van der Waals surface area contributed by atoms with Crippen molar-refractivity contribution in [1.29, 1.82) is 0 Å². The molecule has 0 fully saturated rings. The van der Waals surface area contributed by atoms with Crippen LogP contribution in [0, 0.1) is 5.41 Å². The largest absolute Gasteiger partial charge is 0.530 e. The van der Waals surface area contributed by atoms with E-state index in [1.807, 2.05) is 60.7 Å². The molecular weight excluding hydrogens is 510 g/mol. The zero-order chi connectivity index (χ0) is 30.1. The summed E-state index contributed by atoms with van der Waals surface area (Å²) in [6.07, 6.45) is -3.07. The smallest absolute Gasteiger partial charge is 0.288 e. The van der Waals surface area contributed by atoms with Crippen LogP contribution < -0.4 is 15.7 Å². The Balaban J connectivity index is 2.16. The minimum absolute atomic E-state index is 0.0164. The molecule has 0 radical (unpaired) electrons. The summed E-state index contributed by atoms with van der Waals surface area (Å²) in [6.45, 7) is 10.1. The summed E-state index contributed by atoms with van der Waals surface area (Å²) in [7, 11) is 0. The summed E-state index contributed by atoms with van der Waals surface area (Å²) in [4.78, 5) is 38.5. The summed E-state index contributed by atoms with van der Waals surface area (Å²) in [5.41, 5.74) is 0.0214. The molecule has 0 aliphatic carbocycles. The Morgan fingerprint density at radius 1 is 0.800 bits per heavy atom. The second-order valence-electron chi connectivity index (χ2n) is 12.2. The molecule has 0 aliphatic rings. The monoisotopic (exact) mass is 554 g/mol. The van der Waals surface area contributed by atoms with E-state index in [0.717, 1.165) is 16.0 Å². The molecule has 2 aromatic carbocycles. The molecule has 0 aromatic heterocycles. The minimum Gasteiger partial charge on any atom is -0.530 e. The molecule has 2 aromatic rings. The predicted molar refractivity (Wildman–Crippen MR) is 152 cm³/mol. The number of aliphatic hydroxyl groups is 2. The zero-order valence-electron chi connectivity index (χ0n) is 24.4. The van der Waals surface area contributed by atoms with Crippen molar-refractivity contribution in [3.8, 4) is 0 Å². The summed E-state index contributed by atoms with van der Waals surface area (Å²) in [5, 5.41) is 40.0. The summed E-state index contributed by atoms with van der Waals surface area (Å²) < 4.78 is 0. The molecule has 9 heteroatoms. The lowest BCUT2D eigenvalue weighted by molar-refractivity contribution is -0.275. The van der Waals surface area contributed by atoms with E-state index >= 15 is 0 Å². The number of ketones is 1. The average Bonchev–Trinajstić information content (AvgIpc) is 2.86. The first-order valence-corrected chi connectivity index (χ1v) is 13.6. The second-order valence-corrected chi connectivity index (χ2v) is 12.2. The number of rotatable bonds is 13. The summed E-state index contributed by atoms with van der Waals surface area (Å²) in [6, 6.07) is 17.0. The van der Waals surface area contributed by atoms with Crippen molar-refractivity contribution in [1.82, 2.24) is 15.5 Å². The summed E-state index contributed by atoms with van der Waals surface area (Å²) in [5.74, 6) is -1.36. The molecular formula is C31H44N3O6-. The molecule has 220 valence electrons. The Morgan fingerprint density at radius 2 is 1.27 bits per heavy atom. The standard InChI is InChI=1S/C31H45N3O6/c1-30(2,3)27(37)28(38)33-23(17-21-13-9-7-10-14-21)25(35)19-32-20-26(36)24(18-22-15-11-8-12-16-22)34(29(39)40)31(4,5)6/h7-16,23-26,32,35-36H,17-20H2,1-6H3,(H,33,38)(H,39,40)/p-1/t23-,24-,25+,26+/m0/s1. The van der Waals surface area contributed by atoms with Crippen LogP contribution in [0.1, 0.15) is 52.7 Å². The van der Waals surface area contributed by atoms with Crippen LogP contribution in [-0.4, -0.2) is 75.8 Å². The van der Waals surface area contributed by atoms with Gasteiger partial charge in [-0.25, -0.2) is 0 Å². The molecule has 0 saturated heterocycles. The van der Waals surface area contributed by atoms with Crippen LogP contribution in [-0.2, 0) is 22.4 Å². The SMILES string of the molecule is CC(C)(C)C(=O)C(=O)N[C@@H](Cc1ccccc1)[C@H](O)CNC[C@@H](O)[C@H](Cc1ccccc1)N(C(=O)[O-])C(C)(C)C. The van der Waals surface area contributed by atoms with Gasteiger partial charge in [-0.2, -0.15) is 0 Å². The van der Waals surface area contributed by atoms with Crippen molar-refractivity contribution < 1.29 is 29.7 Å². The first kappa shape index (κ1) is 32.9. The number of amides is 2. The highest BCUT2D eigenvalue weighted by molar-refractivity contribution is 6.38. The first-order chi connectivity index (χ1) is 18.6. The number of carbonyl (C=O) groups is 3. The summed E-state index contributed by atoms with van der Waals surface area (Å²) >= 11 is 0. The predicted octanol–water partition coefficient (Wildman–Crippen LogP) is 1.70. The number of nitrogens with one attached hydrogen (secondary N) is 2. The van der Waals surface area contributed by atoms with Crippen molar-refractivity contribution in [3.05, 3.63) is 71.8 Å². The number of Topliss-reactive ketones (excluding diaryl/α,β-unsaturated/α-hetero) is 1. The van der Waals surface area contributed by atoms with E-state index in [9.17, 15) is 29.7 Å². The average molecular weight is 555 g/mol. The van der Waals surface area contributed by atoms with Gasteiger partial charge in [-0.05, 0) is 44.7 Å². The fourth-order valence-corrected chi connectivity index (χ4v) is 4.54. The van der Waals surface area contributed by atoms with Gasteiger partial charge in [0.25, 0.3) is 5.91 Å². The van der Waals surface area contributed by atoms with Crippen LogP contribution in [0.5, 0.6) is 0 Å². The third-order valence-electron chi connectivity index (χ3n) is 6.66. The Hall–Kier alpha value is -3.27. The fourth-order valence-electron chi connectivity index (χ4n) is 4.54. The molecule has 0 unspecified atom stereocenters. The van der Waals surface area contributed by atoms with Crippen LogP contribution >= 0.6 is 0 Å². The molecule has 0 spiro atoms. The molecule has 0 aliphatic heterocycles. The maximum atomic E-state index is 12.7. The van der Waals surface area contributed by atoms with Crippen molar-refractivity contribution in [2.24, 2.45) is 5.41 Å². The van der Waals surface area contributed by atoms with E-state index in [1.54, 1.807) is 41.5 Å². The Kier molecular flexibility index (Phi) is 11.8. The van der Waals surface area contributed by atoms with Gasteiger partial charge in [-0.3, -0.25) is 9.59 Å². The number of aliphatic hydroxyl groups excluding tert-OH is 2. The van der Waals surface area contributed by atoms with Crippen LogP contribution in [0.3, 0.4) is 0 Å². The van der Waals surface area contributed by atoms with Crippen LogP contribution in [0.2, 0.25) is 0 Å². The van der Waals surface area contributed by atoms with Gasteiger partial charge in [0.1, 0.15) is 6.09 Å². The fraction of sp³-hybridized carbons (Fsp3) is 0.516. The lowest BCUT2D eigenvalue weighted by Crippen LogP contribution is -2.62. The topological polar surface area (TPSA) is 142 Å². The van der Waals surface area contributed by atoms with E-state index < -0.39 is 53.0 Å². The van der Waals surface area contributed by atoms with Crippen LogP contribution in [0.4, 0.5) is 4.79 Å². The molecule has 0 saturated carbocycles. The molecule has 0 bridgehead atoms. The normalized spacial score (nSPS) is 15.0. The highest BCUT2D eigenvalue weighted by Crippen LogP contribution is 2.22. The van der Waals surface area contributed by atoms with Crippen molar-refractivity contribution in [3.63, 3.8) is 0 Å². The number of hydrogen-bond acceptors (Lipinski definition) is 7. The highest BCUT2D eigenvalue weighted by atomic mass is 16.4. The second kappa shape index (κ2) is 14.4. The Labute approximate surface area is 237 Å². The van der Waals surface area contributed by atoms with Crippen molar-refractivity contribution in [2.75, 3.05) is 13.1 Å². The maximum absolute atomic E-state index is 12.7. The molecule has 4 atom stereocenters. The van der Waals surface area contributed by atoms with E-state index in [2.05, 4.69) is 10.6 Å². The molecule has 9 nitrogen and oxygen atoms in total. The van der Waals surface area contributed by atoms with Gasteiger partial charge in [0.05, 0.1) is 24.3 Å². The van der Waals surface area contributed by atoms with Gasteiger partial charge in [0, 0.05) is 24.0 Å². The lowest BCUT2D eigenvalue weighted by atomic mass is 9.90. The van der Waals surface area contributed by atoms with Gasteiger partial charge < -0.3 is 35.6 Å². The third-order valence-corrected chi connectivity index (χ3v) is 6.66. The number of carboxylic acid groups (broad SMARTS) is 1. The minimum atomic E-state index is -1.39. The molecule has 40 heavy (non-hydrogen) atoms. The van der Waals surface area contributed by atoms with Crippen molar-refractivity contribution in [2.45, 2.75) is 84.2 Å². The quantitative estimate of drug-likeness (QED) is 0.276. The van der Waals surface area contributed by atoms with E-state index in [-0.39, 0.29) is 25.9 Å².